The van der Waals surface area contributed by atoms with Gasteiger partial charge >= 0.3 is 0 Å². The molecule has 4 rings (SSSR count). The number of rotatable bonds is 9. The van der Waals surface area contributed by atoms with Crippen LogP contribution in [0.1, 0.15) is 37.4 Å². The van der Waals surface area contributed by atoms with Crippen molar-refractivity contribution in [3.05, 3.63) is 29.9 Å². The molecule has 2 N–H and O–H groups in total. The molecule has 10 heteroatoms. The molecule has 1 aromatic heterocycles. The average molecular weight is 543 g/mol. The van der Waals surface area contributed by atoms with E-state index in [0.29, 0.717) is 37.4 Å². The number of hydrogen-bond donors (Lipinski definition) is 2. The molecule has 9 nitrogen and oxygen atoms in total. The van der Waals surface area contributed by atoms with Gasteiger partial charge in [-0.25, -0.2) is 4.99 Å². The van der Waals surface area contributed by atoms with Crippen molar-refractivity contribution in [2.45, 2.75) is 39.2 Å². The molecule has 2 aromatic rings. The molecule has 1 fully saturated rings. The Balaban J connectivity index is 0.00000272. The molecule has 0 amide bonds. The van der Waals surface area contributed by atoms with Crippen LogP contribution in [0.15, 0.2) is 27.7 Å². The first-order valence-electron chi connectivity index (χ1n) is 10.6. The SMILES string of the molecule is Cc1noc(CN=C(NCCCOCC2CC2)Nc2ccc3c(c2)OCCCO3)n1.I. The Bertz CT molecular complexity index is 856. The second-order valence-electron chi connectivity index (χ2n) is 7.54. The number of aromatic nitrogens is 2. The fraction of sp³-hybridized carbons (Fsp3) is 0.571. The number of nitrogens with zero attached hydrogens (tertiary/aromatic N) is 3. The van der Waals surface area contributed by atoms with E-state index in [0.717, 1.165) is 55.7 Å². The van der Waals surface area contributed by atoms with Crippen molar-refractivity contribution < 1.29 is 18.7 Å². The minimum absolute atomic E-state index is 0. The first-order valence-corrected chi connectivity index (χ1v) is 10.6. The van der Waals surface area contributed by atoms with Crippen LogP contribution in [-0.2, 0) is 11.3 Å². The highest BCUT2D eigenvalue weighted by Gasteiger charge is 2.20. The zero-order valence-electron chi connectivity index (χ0n) is 17.8. The summed E-state index contributed by atoms with van der Waals surface area (Å²) in [6.45, 7) is 5.75. The highest BCUT2D eigenvalue weighted by atomic mass is 127. The number of ether oxygens (including phenoxy) is 3. The fourth-order valence-corrected chi connectivity index (χ4v) is 2.98. The van der Waals surface area contributed by atoms with Crippen molar-refractivity contribution in [1.82, 2.24) is 15.5 Å². The molecule has 0 bridgehead atoms. The molecule has 1 aromatic carbocycles. The lowest BCUT2D eigenvalue weighted by Gasteiger charge is -2.14. The van der Waals surface area contributed by atoms with E-state index in [1.807, 2.05) is 18.2 Å². The van der Waals surface area contributed by atoms with Crippen molar-refractivity contribution in [3.8, 4) is 11.5 Å². The fourth-order valence-electron chi connectivity index (χ4n) is 2.98. The van der Waals surface area contributed by atoms with Gasteiger partial charge < -0.3 is 29.4 Å². The van der Waals surface area contributed by atoms with Gasteiger partial charge in [0.05, 0.1) is 13.2 Å². The van der Waals surface area contributed by atoms with Crippen LogP contribution in [0.25, 0.3) is 0 Å². The maximum Gasteiger partial charge on any atom is 0.248 e. The van der Waals surface area contributed by atoms with E-state index < -0.39 is 0 Å². The van der Waals surface area contributed by atoms with Crippen LogP contribution < -0.4 is 20.1 Å². The van der Waals surface area contributed by atoms with Crippen molar-refractivity contribution in [2.75, 3.05) is 38.3 Å². The quantitative estimate of drug-likeness (QED) is 0.214. The number of anilines is 1. The van der Waals surface area contributed by atoms with Crippen LogP contribution in [0.4, 0.5) is 5.69 Å². The van der Waals surface area contributed by atoms with Crippen LogP contribution >= 0.6 is 24.0 Å². The molecular weight excluding hydrogens is 513 g/mol. The molecule has 2 heterocycles. The summed E-state index contributed by atoms with van der Waals surface area (Å²) in [5, 5.41) is 10.5. The summed E-state index contributed by atoms with van der Waals surface area (Å²) in [6.07, 6.45) is 4.39. The number of hydrogen-bond acceptors (Lipinski definition) is 7. The summed E-state index contributed by atoms with van der Waals surface area (Å²) < 4.78 is 22.3. The van der Waals surface area contributed by atoms with Crippen LogP contribution in [0.2, 0.25) is 0 Å². The standard InChI is InChI=1S/C21H29N5O4.HI/c1-15-24-20(30-26-15)13-23-21(22-8-2-9-27-14-16-4-5-16)25-17-6-7-18-19(12-17)29-11-3-10-28-18;/h6-7,12,16H,2-5,8-11,13-14H2,1H3,(H2,22,23,25);1H. The minimum atomic E-state index is 0. The Morgan fingerprint density at radius 1 is 1.23 bits per heavy atom. The summed E-state index contributed by atoms with van der Waals surface area (Å²) >= 11 is 0. The molecule has 2 aliphatic rings. The molecular formula is C21H30IN5O4. The third kappa shape index (κ3) is 7.84. The number of aliphatic imine (C=N–C) groups is 1. The lowest BCUT2D eigenvalue weighted by Crippen LogP contribution is -2.32. The predicted octanol–water partition coefficient (Wildman–Crippen LogP) is 3.53. The lowest BCUT2D eigenvalue weighted by molar-refractivity contribution is 0.123. The molecule has 0 atom stereocenters. The summed E-state index contributed by atoms with van der Waals surface area (Å²) in [5.74, 6) is 3.98. The Kier molecular flexibility index (Phi) is 9.19. The summed E-state index contributed by atoms with van der Waals surface area (Å²) in [4.78, 5) is 8.78. The molecule has 31 heavy (non-hydrogen) atoms. The van der Waals surface area contributed by atoms with E-state index in [9.17, 15) is 0 Å². The van der Waals surface area contributed by atoms with Crippen molar-refractivity contribution in [3.63, 3.8) is 0 Å². The Morgan fingerprint density at radius 2 is 2.06 bits per heavy atom. The number of benzene rings is 1. The first-order chi connectivity index (χ1) is 14.8. The molecule has 170 valence electrons. The van der Waals surface area contributed by atoms with E-state index >= 15 is 0 Å². The smallest absolute Gasteiger partial charge is 0.248 e. The monoisotopic (exact) mass is 543 g/mol. The zero-order valence-corrected chi connectivity index (χ0v) is 20.1. The van der Waals surface area contributed by atoms with E-state index in [1.165, 1.54) is 12.8 Å². The van der Waals surface area contributed by atoms with E-state index in [2.05, 4.69) is 25.8 Å². The zero-order chi connectivity index (χ0) is 20.6. The van der Waals surface area contributed by atoms with E-state index in [-0.39, 0.29) is 24.0 Å². The van der Waals surface area contributed by atoms with Crippen LogP contribution in [-0.4, -0.2) is 49.1 Å². The van der Waals surface area contributed by atoms with Gasteiger partial charge in [-0.15, -0.1) is 24.0 Å². The van der Waals surface area contributed by atoms with Gasteiger partial charge in [0, 0.05) is 37.9 Å². The van der Waals surface area contributed by atoms with Crippen molar-refractivity contribution in [1.29, 1.82) is 0 Å². The molecule has 0 unspecified atom stereocenters. The van der Waals surface area contributed by atoms with Gasteiger partial charge in [-0.05, 0) is 44.2 Å². The maximum absolute atomic E-state index is 5.78. The van der Waals surface area contributed by atoms with Crippen LogP contribution in [0, 0.1) is 12.8 Å². The molecule has 0 saturated heterocycles. The molecule has 1 aliphatic heterocycles. The highest BCUT2D eigenvalue weighted by molar-refractivity contribution is 14.0. The first kappa shape index (κ1) is 23.6. The molecule has 0 radical (unpaired) electrons. The Labute approximate surface area is 199 Å². The number of halogens is 1. The second kappa shape index (κ2) is 12.1. The van der Waals surface area contributed by atoms with E-state index in [4.69, 9.17) is 18.7 Å². The van der Waals surface area contributed by atoms with Gasteiger partial charge in [0.25, 0.3) is 0 Å². The van der Waals surface area contributed by atoms with Gasteiger partial charge in [0.1, 0.15) is 6.54 Å². The highest BCUT2D eigenvalue weighted by Crippen LogP contribution is 2.32. The van der Waals surface area contributed by atoms with Crippen molar-refractivity contribution in [2.24, 2.45) is 10.9 Å². The summed E-state index contributed by atoms with van der Waals surface area (Å²) in [6, 6.07) is 5.78. The van der Waals surface area contributed by atoms with Gasteiger partial charge in [-0.3, -0.25) is 0 Å². The Hall–Kier alpha value is -2.08. The number of nitrogens with one attached hydrogen (secondary N) is 2. The predicted molar refractivity (Wildman–Crippen MR) is 127 cm³/mol. The van der Waals surface area contributed by atoms with Gasteiger partial charge in [-0.2, -0.15) is 4.98 Å². The van der Waals surface area contributed by atoms with Gasteiger partial charge in [0.15, 0.2) is 23.3 Å². The van der Waals surface area contributed by atoms with Crippen molar-refractivity contribution >= 4 is 35.6 Å². The number of fused-ring (bicyclic) bond motifs is 1. The Morgan fingerprint density at radius 3 is 2.84 bits per heavy atom. The summed E-state index contributed by atoms with van der Waals surface area (Å²) in [5.41, 5.74) is 0.859. The van der Waals surface area contributed by atoms with Crippen LogP contribution in [0.3, 0.4) is 0 Å². The average Bonchev–Trinajstić information content (AvgIpc) is 3.52. The van der Waals surface area contributed by atoms with Gasteiger partial charge in [0.2, 0.25) is 5.89 Å². The minimum Gasteiger partial charge on any atom is -0.490 e. The number of aryl methyl sites for hydroxylation is 1. The number of guanidine groups is 1. The van der Waals surface area contributed by atoms with Gasteiger partial charge in [-0.1, -0.05) is 5.16 Å². The topological polar surface area (TPSA) is 103 Å². The lowest BCUT2D eigenvalue weighted by atomic mass is 10.2. The third-order valence-corrected chi connectivity index (χ3v) is 4.76. The maximum atomic E-state index is 5.78. The molecule has 0 spiro atoms. The summed E-state index contributed by atoms with van der Waals surface area (Å²) in [7, 11) is 0. The van der Waals surface area contributed by atoms with E-state index in [1.54, 1.807) is 6.92 Å². The van der Waals surface area contributed by atoms with Crippen LogP contribution in [0.5, 0.6) is 11.5 Å². The molecule has 1 saturated carbocycles. The largest absolute Gasteiger partial charge is 0.490 e. The second-order valence-corrected chi connectivity index (χ2v) is 7.54. The normalized spacial score (nSPS) is 15.7. The molecule has 1 aliphatic carbocycles. The third-order valence-electron chi connectivity index (χ3n) is 4.76.